The zero-order valence-corrected chi connectivity index (χ0v) is 10.0. The average molecular weight is 215 g/mol. The fourth-order valence-corrected chi connectivity index (χ4v) is 2.11. The molecule has 0 atom stereocenters. The molecule has 2 nitrogen and oxygen atoms in total. The Morgan fingerprint density at radius 1 is 1.31 bits per heavy atom. The second-order valence-corrected chi connectivity index (χ2v) is 4.47. The highest BCUT2D eigenvalue weighted by Crippen LogP contribution is 2.15. The van der Waals surface area contributed by atoms with Crippen molar-refractivity contribution in [1.82, 2.24) is 0 Å². The number of benzene rings is 1. The first-order valence-electron chi connectivity index (χ1n) is 5.78. The van der Waals surface area contributed by atoms with Crippen LogP contribution in [0.5, 0.6) is 0 Å². The molecule has 0 aromatic heterocycles. The highest BCUT2D eigenvalue weighted by molar-refractivity contribution is 5.95. The molecule has 1 aliphatic heterocycles. The van der Waals surface area contributed by atoms with Crippen molar-refractivity contribution < 1.29 is 4.58 Å². The van der Waals surface area contributed by atoms with Crippen molar-refractivity contribution in [3.8, 4) is 0 Å². The number of anilines is 1. The lowest BCUT2D eigenvalue weighted by Crippen LogP contribution is -2.06. The Balaban J connectivity index is 2.21. The third kappa shape index (κ3) is 2.32. The van der Waals surface area contributed by atoms with Gasteiger partial charge in [-0.2, -0.15) is 0 Å². The van der Waals surface area contributed by atoms with E-state index in [0.29, 0.717) is 0 Å². The van der Waals surface area contributed by atoms with Crippen LogP contribution in [0.25, 0.3) is 6.08 Å². The molecule has 1 aromatic rings. The van der Waals surface area contributed by atoms with E-state index >= 15 is 0 Å². The summed E-state index contributed by atoms with van der Waals surface area (Å²) in [4.78, 5) is 0. The second-order valence-electron chi connectivity index (χ2n) is 4.47. The van der Waals surface area contributed by atoms with Gasteiger partial charge in [0, 0.05) is 24.6 Å². The molecule has 2 N–H and O–H groups in total. The number of nitrogens with zero attached hydrogens (tertiary/aromatic N) is 1. The summed E-state index contributed by atoms with van der Waals surface area (Å²) < 4.78 is 2.32. The Morgan fingerprint density at radius 2 is 2.12 bits per heavy atom. The van der Waals surface area contributed by atoms with Crippen LogP contribution in [-0.4, -0.2) is 23.9 Å². The minimum Gasteiger partial charge on any atom is -0.399 e. The molecule has 0 spiro atoms. The summed E-state index contributed by atoms with van der Waals surface area (Å²) in [6.45, 7) is 3.28. The molecule has 0 amide bonds. The van der Waals surface area contributed by atoms with Gasteiger partial charge >= 0.3 is 0 Å². The molecule has 2 rings (SSSR count). The van der Waals surface area contributed by atoms with Crippen molar-refractivity contribution in [1.29, 1.82) is 0 Å². The van der Waals surface area contributed by atoms with Crippen molar-refractivity contribution in [2.75, 3.05) is 19.3 Å². The molecular formula is C14H19N2+. The number of nitrogen functional groups attached to an aromatic ring is 1. The van der Waals surface area contributed by atoms with Crippen LogP contribution in [0.4, 0.5) is 5.69 Å². The van der Waals surface area contributed by atoms with Crippen molar-refractivity contribution in [3.63, 3.8) is 0 Å². The number of hydrogen-bond donors (Lipinski definition) is 1. The van der Waals surface area contributed by atoms with E-state index in [0.717, 1.165) is 5.69 Å². The summed E-state index contributed by atoms with van der Waals surface area (Å²) in [5.41, 5.74) is 10.5. The molecule has 0 fully saturated rings. The van der Waals surface area contributed by atoms with Gasteiger partial charge in [0.15, 0.2) is 5.71 Å². The Hall–Kier alpha value is -1.57. The first-order valence-corrected chi connectivity index (χ1v) is 5.78. The Bertz CT molecular complexity index is 456. The van der Waals surface area contributed by atoms with Gasteiger partial charge in [-0.1, -0.05) is 6.07 Å². The van der Waals surface area contributed by atoms with Gasteiger partial charge in [-0.15, -0.1) is 0 Å². The van der Waals surface area contributed by atoms with Gasteiger partial charge in [-0.25, -0.2) is 4.58 Å². The molecule has 0 bridgehead atoms. The van der Waals surface area contributed by atoms with E-state index in [-0.39, 0.29) is 0 Å². The Kier molecular flexibility index (Phi) is 3.09. The van der Waals surface area contributed by atoms with E-state index in [1.165, 1.54) is 36.2 Å². The number of hydrogen-bond acceptors (Lipinski definition) is 1. The second kappa shape index (κ2) is 4.52. The Labute approximate surface area is 97.1 Å². The van der Waals surface area contributed by atoms with E-state index in [4.69, 9.17) is 5.73 Å². The van der Waals surface area contributed by atoms with Crippen LogP contribution >= 0.6 is 0 Å². The van der Waals surface area contributed by atoms with Crippen LogP contribution in [0.2, 0.25) is 0 Å². The molecular weight excluding hydrogens is 196 g/mol. The summed E-state index contributed by atoms with van der Waals surface area (Å²) in [6, 6.07) is 6.05. The molecule has 0 saturated heterocycles. The fraction of sp³-hybridized carbons (Fsp3) is 0.357. The molecule has 0 saturated carbocycles. The van der Waals surface area contributed by atoms with Crippen LogP contribution in [0.3, 0.4) is 0 Å². The van der Waals surface area contributed by atoms with Gasteiger partial charge in [0.1, 0.15) is 13.6 Å². The van der Waals surface area contributed by atoms with Gasteiger partial charge in [0.2, 0.25) is 0 Å². The largest absolute Gasteiger partial charge is 0.399 e. The molecule has 0 unspecified atom stereocenters. The molecule has 1 aromatic carbocycles. The minimum atomic E-state index is 0.834. The molecule has 1 aliphatic rings. The quantitative estimate of drug-likeness (QED) is 0.596. The van der Waals surface area contributed by atoms with Crippen LogP contribution in [0.1, 0.15) is 24.0 Å². The summed E-state index contributed by atoms with van der Waals surface area (Å²) >= 11 is 0. The van der Waals surface area contributed by atoms with E-state index < -0.39 is 0 Å². The van der Waals surface area contributed by atoms with Crippen LogP contribution in [-0.2, 0) is 0 Å². The van der Waals surface area contributed by atoms with Crippen LogP contribution in [0, 0.1) is 6.92 Å². The van der Waals surface area contributed by atoms with Gasteiger partial charge in [0.05, 0.1) is 0 Å². The van der Waals surface area contributed by atoms with E-state index in [9.17, 15) is 0 Å². The van der Waals surface area contributed by atoms with Gasteiger partial charge < -0.3 is 5.73 Å². The number of aryl methyl sites for hydroxylation is 1. The summed E-state index contributed by atoms with van der Waals surface area (Å²) in [5.74, 6) is 0. The number of allylic oxidation sites excluding steroid dienone is 1. The zero-order chi connectivity index (χ0) is 11.5. The smallest absolute Gasteiger partial charge is 0.176 e. The van der Waals surface area contributed by atoms with E-state index in [2.05, 4.69) is 36.8 Å². The van der Waals surface area contributed by atoms with Gasteiger partial charge in [-0.05, 0) is 36.3 Å². The maximum absolute atomic E-state index is 5.73. The predicted octanol–water partition coefficient (Wildman–Crippen LogP) is 2.47. The molecule has 1 heterocycles. The lowest BCUT2D eigenvalue weighted by atomic mass is 10.1. The van der Waals surface area contributed by atoms with Crippen LogP contribution < -0.4 is 5.73 Å². The van der Waals surface area contributed by atoms with Crippen molar-refractivity contribution in [2.24, 2.45) is 0 Å². The van der Waals surface area contributed by atoms with E-state index in [1.54, 1.807) is 0 Å². The maximum Gasteiger partial charge on any atom is 0.176 e. The lowest BCUT2D eigenvalue weighted by molar-refractivity contribution is -0.487. The summed E-state index contributed by atoms with van der Waals surface area (Å²) in [5, 5.41) is 0. The summed E-state index contributed by atoms with van der Waals surface area (Å²) in [7, 11) is 2.16. The summed E-state index contributed by atoms with van der Waals surface area (Å²) in [6.07, 6.45) is 6.88. The number of rotatable bonds is 2. The van der Waals surface area contributed by atoms with Crippen LogP contribution in [0.15, 0.2) is 24.3 Å². The Morgan fingerprint density at radius 3 is 2.75 bits per heavy atom. The van der Waals surface area contributed by atoms with Gasteiger partial charge in [-0.3, -0.25) is 0 Å². The maximum atomic E-state index is 5.73. The zero-order valence-electron chi connectivity index (χ0n) is 10.0. The monoisotopic (exact) mass is 215 g/mol. The van der Waals surface area contributed by atoms with E-state index in [1.807, 2.05) is 12.1 Å². The van der Waals surface area contributed by atoms with Crippen molar-refractivity contribution >= 4 is 17.5 Å². The molecule has 0 radical (unpaired) electrons. The average Bonchev–Trinajstić information content (AvgIpc) is 2.63. The SMILES string of the molecule is Cc1cc(N)ccc1C=CC1=[N+](C)CCC1. The molecule has 84 valence electrons. The van der Waals surface area contributed by atoms with Crippen molar-refractivity contribution in [2.45, 2.75) is 19.8 Å². The first-order chi connectivity index (χ1) is 7.66. The predicted molar refractivity (Wildman–Crippen MR) is 69.9 cm³/mol. The van der Waals surface area contributed by atoms with Crippen molar-refractivity contribution in [3.05, 3.63) is 35.4 Å². The first kappa shape index (κ1) is 10.9. The number of nitrogens with two attached hydrogens (primary N) is 1. The normalized spacial score (nSPS) is 16.4. The molecule has 0 aliphatic carbocycles. The highest BCUT2D eigenvalue weighted by Gasteiger charge is 2.14. The minimum absolute atomic E-state index is 0.834. The third-order valence-corrected chi connectivity index (χ3v) is 3.17. The standard InChI is InChI=1S/C14H18N2/c1-11-10-13(15)7-5-12(11)6-8-14-4-3-9-16(14)2/h5-8,10,15H,3-4,9H2,1-2H3/p+1. The third-order valence-electron chi connectivity index (χ3n) is 3.17. The van der Waals surface area contributed by atoms with Gasteiger partial charge in [0.25, 0.3) is 0 Å². The topological polar surface area (TPSA) is 29.0 Å². The molecule has 2 heteroatoms. The highest BCUT2D eigenvalue weighted by atomic mass is 15.0. The lowest BCUT2D eigenvalue weighted by Gasteiger charge is -2.01. The fourth-order valence-electron chi connectivity index (χ4n) is 2.11. The molecule has 16 heavy (non-hydrogen) atoms.